The first-order valence-electron chi connectivity index (χ1n) is 7.12. The van der Waals surface area contributed by atoms with Crippen LogP contribution in [-0.4, -0.2) is 20.2 Å². The standard InChI is InChI=1S/C18H16BrNO4/c1-22-16-7-14(15(19)9-17(16)23-2)8-18(21)24-11-13-5-3-12(10-20)4-6-13/h3-7,9H,8,11H2,1-2H3. The van der Waals surface area contributed by atoms with E-state index < -0.39 is 0 Å². The molecule has 2 aromatic carbocycles. The summed E-state index contributed by atoms with van der Waals surface area (Å²) in [7, 11) is 3.09. The van der Waals surface area contributed by atoms with Crippen LogP contribution in [0.2, 0.25) is 0 Å². The van der Waals surface area contributed by atoms with Gasteiger partial charge in [0, 0.05) is 4.47 Å². The molecule has 0 heterocycles. The zero-order chi connectivity index (χ0) is 17.5. The fraction of sp³-hybridized carbons (Fsp3) is 0.222. The van der Waals surface area contributed by atoms with Crippen LogP contribution >= 0.6 is 15.9 Å². The van der Waals surface area contributed by atoms with Gasteiger partial charge < -0.3 is 14.2 Å². The molecule has 0 aliphatic heterocycles. The van der Waals surface area contributed by atoms with Crippen molar-refractivity contribution in [3.8, 4) is 17.6 Å². The molecule has 0 bridgehead atoms. The maximum atomic E-state index is 12.0. The number of rotatable bonds is 6. The maximum absolute atomic E-state index is 12.0. The molecule has 0 aliphatic rings. The average molecular weight is 390 g/mol. The molecule has 5 nitrogen and oxygen atoms in total. The van der Waals surface area contributed by atoms with E-state index in [2.05, 4.69) is 15.9 Å². The van der Waals surface area contributed by atoms with Gasteiger partial charge in [0.25, 0.3) is 0 Å². The normalized spacial score (nSPS) is 9.92. The van der Waals surface area contributed by atoms with Crippen LogP contribution < -0.4 is 9.47 Å². The van der Waals surface area contributed by atoms with Crippen molar-refractivity contribution in [1.29, 1.82) is 5.26 Å². The first kappa shape index (κ1) is 17.8. The number of carbonyl (C=O) groups is 1. The number of hydrogen-bond donors (Lipinski definition) is 0. The Bertz CT molecular complexity index is 766. The number of methoxy groups -OCH3 is 2. The summed E-state index contributed by atoms with van der Waals surface area (Å²) in [5, 5.41) is 8.76. The van der Waals surface area contributed by atoms with Crippen molar-refractivity contribution < 1.29 is 19.0 Å². The van der Waals surface area contributed by atoms with Crippen molar-refractivity contribution in [2.45, 2.75) is 13.0 Å². The number of benzene rings is 2. The summed E-state index contributed by atoms with van der Waals surface area (Å²) in [5.74, 6) is 0.780. The SMILES string of the molecule is COc1cc(Br)c(CC(=O)OCc2ccc(C#N)cc2)cc1OC. The van der Waals surface area contributed by atoms with Crippen LogP contribution in [0.1, 0.15) is 16.7 Å². The monoisotopic (exact) mass is 389 g/mol. The summed E-state index contributed by atoms with van der Waals surface area (Å²) in [6.07, 6.45) is 0.108. The first-order chi connectivity index (χ1) is 11.6. The van der Waals surface area contributed by atoms with Gasteiger partial charge in [-0.1, -0.05) is 28.1 Å². The van der Waals surface area contributed by atoms with Gasteiger partial charge in [-0.2, -0.15) is 5.26 Å². The van der Waals surface area contributed by atoms with E-state index >= 15 is 0 Å². The van der Waals surface area contributed by atoms with Gasteiger partial charge in [0.2, 0.25) is 0 Å². The van der Waals surface area contributed by atoms with E-state index in [0.717, 1.165) is 15.6 Å². The van der Waals surface area contributed by atoms with Crippen LogP contribution in [0.15, 0.2) is 40.9 Å². The van der Waals surface area contributed by atoms with Gasteiger partial charge in [0.15, 0.2) is 11.5 Å². The maximum Gasteiger partial charge on any atom is 0.310 e. The van der Waals surface area contributed by atoms with Gasteiger partial charge >= 0.3 is 5.97 Å². The highest BCUT2D eigenvalue weighted by Crippen LogP contribution is 2.33. The zero-order valence-corrected chi connectivity index (χ0v) is 14.9. The number of hydrogen-bond acceptors (Lipinski definition) is 5. The molecule has 0 saturated heterocycles. The number of nitriles is 1. The van der Waals surface area contributed by atoms with Crippen molar-refractivity contribution in [3.05, 3.63) is 57.6 Å². The van der Waals surface area contributed by atoms with Gasteiger partial charge in [-0.25, -0.2) is 0 Å². The molecule has 0 atom stereocenters. The quantitative estimate of drug-likeness (QED) is 0.705. The molecule has 2 aromatic rings. The van der Waals surface area contributed by atoms with Crippen molar-refractivity contribution in [3.63, 3.8) is 0 Å². The Morgan fingerprint density at radius 2 is 1.75 bits per heavy atom. The van der Waals surface area contributed by atoms with Gasteiger partial charge in [0.1, 0.15) is 6.61 Å². The van der Waals surface area contributed by atoms with Gasteiger partial charge in [0.05, 0.1) is 32.3 Å². The molecule has 0 saturated carbocycles. The lowest BCUT2D eigenvalue weighted by Crippen LogP contribution is -2.09. The molecule has 0 N–H and O–H groups in total. The van der Waals surface area contributed by atoms with E-state index in [9.17, 15) is 4.79 Å². The lowest BCUT2D eigenvalue weighted by atomic mass is 10.1. The van der Waals surface area contributed by atoms with Crippen LogP contribution in [0.3, 0.4) is 0 Å². The number of carbonyl (C=O) groups excluding carboxylic acids is 1. The van der Waals surface area contributed by atoms with Crippen LogP contribution in [0.25, 0.3) is 0 Å². The third-order valence-corrected chi connectivity index (χ3v) is 4.11. The summed E-state index contributed by atoms with van der Waals surface area (Å²) in [6.45, 7) is 0.162. The van der Waals surface area contributed by atoms with Gasteiger partial charge in [-0.05, 0) is 35.4 Å². The fourth-order valence-corrected chi connectivity index (χ4v) is 2.54. The Kier molecular flexibility index (Phi) is 6.21. The lowest BCUT2D eigenvalue weighted by Gasteiger charge is -2.12. The zero-order valence-electron chi connectivity index (χ0n) is 13.3. The summed E-state index contributed by atoms with van der Waals surface area (Å²) in [6, 6.07) is 12.4. The number of esters is 1. The highest BCUT2D eigenvalue weighted by Gasteiger charge is 2.13. The molecular formula is C18H16BrNO4. The Morgan fingerprint density at radius 1 is 1.12 bits per heavy atom. The largest absolute Gasteiger partial charge is 0.493 e. The van der Waals surface area contributed by atoms with Crippen molar-refractivity contribution >= 4 is 21.9 Å². The number of halogens is 1. The molecule has 0 spiro atoms. The summed E-state index contributed by atoms with van der Waals surface area (Å²) < 4.78 is 16.5. The second kappa shape index (κ2) is 8.37. The first-order valence-corrected chi connectivity index (χ1v) is 7.91. The molecule has 0 unspecified atom stereocenters. The Morgan fingerprint density at radius 3 is 2.33 bits per heavy atom. The van der Waals surface area contributed by atoms with Crippen molar-refractivity contribution in [1.82, 2.24) is 0 Å². The molecule has 0 aromatic heterocycles. The smallest absolute Gasteiger partial charge is 0.310 e. The minimum atomic E-state index is -0.354. The highest BCUT2D eigenvalue weighted by molar-refractivity contribution is 9.10. The second-order valence-corrected chi connectivity index (χ2v) is 5.80. The van der Waals surface area contributed by atoms with E-state index in [-0.39, 0.29) is 19.0 Å². The van der Waals surface area contributed by atoms with E-state index in [0.29, 0.717) is 17.1 Å². The third kappa shape index (κ3) is 4.49. The van der Waals surface area contributed by atoms with Gasteiger partial charge in [-0.15, -0.1) is 0 Å². The molecule has 6 heteroatoms. The van der Waals surface area contributed by atoms with Crippen molar-refractivity contribution in [2.75, 3.05) is 14.2 Å². The molecule has 0 radical (unpaired) electrons. The topological polar surface area (TPSA) is 68.5 Å². The van der Waals surface area contributed by atoms with Gasteiger partial charge in [-0.3, -0.25) is 4.79 Å². The molecule has 2 rings (SSSR count). The van der Waals surface area contributed by atoms with E-state index in [1.54, 1.807) is 50.6 Å². The van der Waals surface area contributed by atoms with E-state index in [1.807, 2.05) is 6.07 Å². The van der Waals surface area contributed by atoms with E-state index in [1.165, 1.54) is 0 Å². The average Bonchev–Trinajstić information content (AvgIpc) is 2.61. The number of nitrogens with zero attached hydrogens (tertiary/aromatic N) is 1. The molecular weight excluding hydrogens is 374 g/mol. The Labute approximate surface area is 148 Å². The Balaban J connectivity index is 2.00. The molecule has 0 amide bonds. The van der Waals surface area contributed by atoms with Crippen LogP contribution in [-0.2, 0) is 22.6 Å². The summed E-state index contributed by atoms with van der Waals surface area (Å²) >= 11 is 3.42. The number of ether oxygens (including phenoxy) is 3. The fourth-order valence-electron chi connectivity index (χ4n) is 2.08. The van der Waals surface area contributed by atoms with E-state index in [4.69, 9.17) is 19.5 Å². The minimum absolute atomic E-state index is 0.108. The summed E-state index contributed by atoms with van der Waals surface area (Å²) in [5.41, 5.74) is 2.14. The summed E-state index contributed by atoms with van der Waals surface area (Å²) in [4.78, 5) is 12.0. The van der Waals surface area contributed by atoms with Crippen molar-refractivity contribution in [2.24, 2.45) is 0 Å². The highest BCUT2D eigenvalue weighted by atomic mass is 79.9. The van der Waals surface area contributed by atoms with Crippen LogP contribution in [0, 0.1) is 11.3 Å². The van der Waals surface area contributed by atoms with Crippen LogP contribution in [0.5, 0.6) is 11.5 Å². The predicted octanol–water partition coefficient (Wildman–Crippen LogP) is 3.62. The Hall–Kier alpha value is -2.52. The third-order valence-electron chi connectivity index (χ3n) is 3.37. The second-order valence-electron chi connectivity index (χ2n) is 4.94. The molecule has 124 valence electrons. The molecule has 0 fully saturated rings. The predicted molar refractivity (Wildman–Crippen MR) is 91.9 cm³/mol. The minimum Gasteiger partial charge on any atom is -0.493 e. The molecule has 24 heavy (non-hydrogen) atoms. The lowest BCUT2D eigenvalue weighted by molar-refractivity contribution is -0.144. The van der Waals surface area contributed by atoms with Crippen LogP contribution in [0.4, 0.5) is 0 Å². The molecule has 0 aliphatic carbocycles.